The van der Waals surface area contributed by atoms with Gasteiger partial charge < -0.3 is 20.5 Å². The van der Waals surface area contributed by atoms with Crippen molar-refractivity contribution >= 4 is 22.7 Å². The van der Waals surface area contributed by atoms with Gasteiger partial charge in [0, 0.05) is 25.0 Å². The number of rotatable bonds is 8. The van der Waals surface area contributed by atoms with Crippen LogP contribution in [0.15, 0.2) is 54.7 Å². The number of benzene rings is 2. The van der Waals surface area contributed by atoms with Gasteiger partial charge in [0.2, 0.25) is 5.88 Å². The zero-order valence-corrected chi connectivity index (χ0v) is 20.0. The van der Waals surface area contributed by atoms with E-state index in [-0.39, 0.29) is 22.7 Å². The van der Waals surface area contributed by atoms with Crippen LogP contribution < -0.4 is 20.5 Å². The number of carbonyl (C=O) groups is 2. The van der Waals surface area contributed by atoms with Crippen LogP contribution in [0.3, 0.4) is 0 Å². The second kappa shape index (κ2) is 10.4. The smallest absolute Gasteiger partial charge is 0.480 e. The molecule has 38 heavy (non-hydrogen) atoms. The lowest BCUT2D eigenvalue weighted by Gasteiger charge is -2.17. The maximum absolute atomic E-state index is 13.3. The van der Waals surface area contributed by atoms with E-state index in [9.17, 15) is 22.8 Å². The Balaban J connectivity index is 1.70. The summed E-state index contributed by atoms with van der Waals surface area (Å²) in [4.78, 5) is 29.4. The van der Waals surface area contributed by atoms with Crippen LogP contribution in [0.1, 0.15) is 50.4 Å². The van der Waals surface area contributed by atoms with Crippen LogP contribution in [0, 0.1) is 0 Å². The number of nitrogens with one attached hydrogen (secondary N) is 1. The number of halogens is 3. The van der Waals surface area contributed by atoms with Gasteiger partial charge in [0.25, 0.3) is 11.8 Å². The van der Waals surface area contributed by atoms with E-state index < -0.39 is 50.5 Å². The molecule has 0 bridgehead atoms. The molecule has 0 saturated carbocycles. The van der Waals surface area contributed by atoms with E-state index in [1.807, 2.05) is 0 Å². The summed E-state index contributed by atoms with van der Waals surface area (Å²) in [5.41, 5.74) is 6.99. The Morgan fingerprint density at radius 2 is 2.03 bits per heavy atom. The molecule has 0 radical (unpaired) electrons. The van der Waals surface area contributed by atoms with Crippen LogP contribution in [-0.2, 0) is 6.52 Å². The highest BCUT2D eigenvalue weighted by Crippen LogP contribution is 2.30. The molecular formula is C26H24F3N5O4. The van der Waals surface area contributed by atoms with Gasteiger partial charge in [-0.15, -0.1) is 13.2 Å². The molecule has 0 aliphatic heterocycles. The first kappa shape index (κ1) is 22.6. The lowest BCUT2D eigenvalue weighted by Crippen LogP contribution is -2.27. The fourth-order valence-electron chi connectivity index (χ4n) is 3.83. The van der Waals surface area contributed by atoms with Crippen molar-refractivity contribution in [2.45, 2.75) is 32.7 Å². The average molecular weight is 531 g/mol. The quantitative estimate of drug-likeness (QED) is 0.343. The molecule has 2 aromatic carbocycles. The molecule has 0 aliphatic rings. The number of alkyl halides is 3. The van der Waals surface area contributed by atoms with Crippen molar-refractivity contribution in [1.82, 2.24) is 20.1 Å². The van der Waals surface area contributed by atoms with Crippen LogP contribution in [0.25, 0.3) is 22.0 Å². The first-order valence-electron chi connectivity index (χ1n) is 13.0. The van der Waals surface area contributed by atoms with Gasteiger partial charge in [-0.25, -0.2) is 4.98 Å². The Morgan fingerprint density at radius 3 is 2.71 bits per heavy atom. The third kappa shape index (κ3) is 5.53. The van der Waals surface area contributed by atoms with E-state index in [4.69, 9.17) is 14.6 Å². The first-order chi connectivity index (χ1) is 19.4. The molecule has 12 heteroatoms. The predicted octanol–water partition coefficient (Wildman–Crippen LogP) is 4.62. The maximum atomic E-state index is 13.3. The van der Waals surface area contributed by atoms with E-state index in [0.29, 0.717) is 22.0 Å². The van der Waals surface area contributed by atoms with Gasteiger partial charge in [0.05, 0.1) is 21.4 Å². The standard InChI is InChI=1S/C26H24F3N5O4/c1-4-34-21-12-16(8-9-19(21)22(33-34)23(30)35)17-11-20(25(37-3)31-13-17)24(36)32-14(2)15-6-5-7-18(10-15)38-26(27,28)29/h5-14H,4H2,1-3H3,(H2,30,35)(H,32,36)/t14-/m1/s1/i2D,3D,4D/t4?,14-. The van der Waals surface area contributed by atoms with E-state index in [2.05, 4.69) is 20.1 Å². The Hall–Kier alpha value is -4.61. The number of hydrogen-bond acceptors (Lipinski definition) is 6. The number of methoxy groups -OCH3 is 1. The number of nitrogens with zero attached hydrogens (tertiary/aromatic N) is 3. The Kier molecular flexibility index (Phi) is 6.18. The normalized spacial score (nSPS) is 14.2. The molecule has 0 aliphatic carbocycles. The van der Waals surface area contributed by atoms with Crippen molar-refractivity contribution in [1.29, 1.82) is 0 Å². The highest BCUT2D eigenvalue weighted by Gasteiger charge is 2.31. The number of primary amides is 1. The molecule has 0 spiro atoms. The molecule has 2 aromatic heterocycles. The zero-order chi connectivity index (χ0) is 29.9. The number of amides is 2. The molecule has 4 rings (SSSR count). The SMILES string of the molecule is [2H]COc1ncc(-c2ccc3c(C(N)=O)nn(C([2H])C)c3c2)cc1C(=O)N[C@H](C[2H])c1cccc(OC(F)(F)F)c1. The zero-order valence-electron chi connectivity index (χ0n) is 23.0. The van der Waals surface area contributed by atoms with E-state index in [0.717, 1.165) is 12.1 Å². The number of ether oxygens (including phenoxy) is 2. The number of pyridine rings is 1. The summed E-state index contributed by atoms with van der Waals surface area (Å²) in [6.45, 7) is 0.320. The van der Waals surface area contributed by atoms with Gasteiger partial charge in [-0.1, -0.05) is 18.2 Å². The molecule has 9 nitrogen and oxygen atoms in total. The Morgan fingerprint density at radius 1 is 1.21 bits per heavy atom. The second-order valence-electron chi connectivity index (χ2n) is 8.01. The van der Waals surface area contributed by atoms with Crippen LogP contribution in [0.2, 0.25) is 0 Å². The molecule has 4 aromatic rings. The van der Waals surface area contributed by atoms with Gasteiger partial charge in [-0.05, 0) is 55.3 Å². The Bertz CT molecular complexity index is 1600. The topological polar surface area (TPSA) is 121 Å². The van der Waals surface area contributed by atoms with Crippen molar-refractivity contribution in [3.63, 3.8) is 0 Å². The lowest BCUT2D eigenvalue weighted by molar-refractivity contribution is -0.274. The largest absolute Gasteiger partial charge is 0.573 e. The molecule has 198 valence electrons. The average Bonchev–Trinajstić information content (AvgIpc) is 3.31. The van der Waals surface area contributed by atoms with Crippen LogP contribution >= 0.6 is 0 Å². The van der Waals surface area contributed by atoms with Crippen molar-refractivity contribution in [2.75, 3.05) is 7.09 Å². The third-order valence-corrected chi connectivity index (χ3v) is 5.55. The highest BCUT2D eigenvalue weighted by molar-refractivity contribution is 6.05. The van der Waals surface area contributed by atoms with Crippen LogP contribution in [-0.4, -0.2) is 40.0 Å². The summed E-state index contributed by atoms with van der Waals surface area (Å²) < 4.78 is 71.8. The molecule has 1 unspecified atom stereocenters. The van der Waals surface area contributed by atoms with E-state index in [1.54, 1.807) is 25.1 Å². The van der Waals surface area contributed by atoms with Crippen LogP contribution in [0.5, 0.6) is 11.6 Å². The third-order valence-electron chi connectivity index (χ3n) is 5.55. The minimum atomic E-state index is -4.91. The number of aromatic nitrogens is 3. The number of hydrogen-bond donors (Lipinski definition) is 2. The van der Waals surface area contributed by atoms with Gasteiger partial charge in [-0.3, -0.25) is 14.3 Å². The maximum Gasteiger partial charge on any atom is 0.573 e. The first-order valence-corrected chi connectivity index (χ1v) is 11.0. The van der Waals surface area contributed by atoms with E-state index in [1.165, 1.54) is 29.1 Å². The second-order valence-corrected chi connectivity index (χ2v) is 8.01. The molecular weight excluding hydrogens is 503 g/mol. The fourth-order valence-corrected chi connectivity index (χ4v) is 3.83. The van der Waals surface area contributed by atoms with Crippen molar-refractivity contribution < 1.29 is 36.3 Å². The molecule has 2 heterocycles. The van der Waals surface area contributed by atoms with E-state index >= 15 is 0 Å². The summed E-state index contributed by atoms with van der Waals surface area (Å²) in [6.07, 6.45) is -3.50. The summed E-state index contributed by atoms with van der Waals surface area (Å²) in [5.74, 6) is -2.16. The lowest BCUT2D eigenvalue weighted by atomic mass is 10.0. The number of fused-ring (bicyclic) bond motifs is 1. The van der Waals surface area contributed by atoms with Gasteiger partial charge >= 0.3 is 6.36 Å². The summed E-state index contributed by atoms with van der Waals surface area (Å²) in [5, 5.41) is 7.19. The van der Waals surface area contributed by atoms with Crippen molar-refractivity contribution in [3.05, 3.63) is 71.5 Å². The summed E-state index contributed by atoms with van der Waals surface area (Å²) in [6, 6.07) is 10.3. The Labute approximate surface area is 219 Å². The predicted molar refractivity (Wildman–Crippen MR) is 133 cm³/mol. The van der Waals surface area contributed by atoms with Crippen molar-refractivity contribution in [2.24, 2.45) is 5.73 Å². The number of carbonyl (C=O) groups excluding carboxylic acids is 2. The van der Waals surface area contributed by atoms with Crippen LogP contribution in [0.4, 0.5) is 13.2 Å². The molecule has 2 amide bonds. The molecule has 3 N–H and O–H groups in total. The minimum absolute atomic E-state index is 0.00849. The molecule has 0 saturated heterocycles. The highest BCUT2D eigenvalue weighted by atomic mass is 19.4. The monoisotopic (exact) mass is 530 g/mol. The molecule has 0 fully saturated rings. The van der Waals surface area contributed by atoms with Gasteiger partial charge in [0.1, 0.15) is 11.3 Å². The minimum Gasteiger partial charge on any atom is -0.480 e. The number of aryl methyl sites for hydroxylation is 1. The summed E-state index contributed by atoms with van der Waals surface area (Å²) >= 11 is 0. The summed E-state index contributed by atoms with van der Waals surface area (Å²) in [7, 11) is -0.548. The van der Waals surface area contributed by atoms with Crippen molar-refractivity contribution in [3.8, 4) is 22.8 Å². The fraction of sp³-hybridized carbons (Fsp3) is 0.231. The van der Waals surface area contributed by atoms with Gasteiger partial charge in [0.15, 0.2) is 5.69 Å². The number of nitrogens with two attached hydrogens (primary N) is 1. The van der Waals surface area contributed by atoms with Gasteiger partial charge in [-0.2, -0.15) is 5.10 Å². The molecule has 2 atom stereocenters.